The number of hydrogen-bond donors (Lipinski definition) is 3. The van der Waals surface area contributed by atoms with E-state index in [1.807, 2.05) is 32.0 Å². The van der Waals surface area contributed by atoms with Crippen molar-refractivity contribution < 1.29 is 14.0 Å². The van der Waals surface area contributed by atoms with Gasteiger partial charge in [0.1, 0.15) is 5.76 Å². The molecular weight excluding hydrogens is 398 g/mol. The minimum absolute atomic E-state index is 0.0792. The average molecular weight is 420 g/mol. The number of aryl methyl sites for hydroxylation is 2. The highest BCUT2D eigenvalue weighted by molar-refractivity contribution is 7.80. The summed E-state index contributed by atoms with van der Waals surface area (Å²) in [7, 11) is 0. The molecule has 0 unspecified atom stereocenters. The maximum Gasteiger partial charge on any atom is 0.257 e. The standard InChI is InChI=1S/C23H21N3O3S/c1-15-9-10-17(14-16(15)2)24-22(28)19-7-3-4-8-20(19)25-23(30)26-21(27)12-11-18-6-5-13-29-18/h3-14H,1-2H3,(H,24,28)(H2,25,26,27,30)/b12-11+. The Morgan fingerprint density at radius 1 is 0.967 bits per heavy atom. The molecule has 6 nitrogen and oxygen atoms in total. The molecule has 30 heavy (non-hydrogen) atoms. The fourth-order valence-corrected chi connectivity index (χ4v) is 2.87. The molecule has 7 heteroatoms. The van der Waals surface area contributed by atoms with Gasteiger partial charge in [0, 0.05) is 11.8 Å². The number of carbonyl (C=O) groups excluding carboxylic acids is 2. The van der Waals surface area contributed by atoms with Gasteiger partial charge in [0.2, 0.25) is 5.91 Å². The summed E-state index contributed by atoms with van der Waals surface area (Å²) in [5.41, 5.74) is 3.83. The Labute approximate surface area is 180 Å². The molecule has 2 aromatic carbocycles. The van der Waals surface area contributed by atoms with Crippen LogP contribution in [-0.2, 0) is 4.79 Å². The van der Waals surface area contributed by atoms with Crippen LogP contribution in [0.15, 0.2) is 71.4 Å². The van der Waals surface area contributed by atoms with Gasteiger partial charge < -0.3 is 15.1 Å². The van der Waals surface area contributed by atoms with Crippen LogP contribution in [-0.4, -0.2) is 16.9 Å². The fourth-order valence-electron chi connectivity index (χ4n) is 2.66. The Bertz CT molecular complexity index is 1100. The van der Waals surface area contributed by atoms with Crippen molar-refractivity contribution in [3.63, 3.8) is 0 Å². The molecule has 3 rings (SSSR count). The van der Waals surface area contributed by atoms with Crippen molar-refractivity contribution in [2.45, 2.75) is 13.8 Å². The van der Waals surface area contributed by atoms with Gasteiger partial charge in [-0.2, -0.15) is 0 Å². The zero-order valence-corrected chi connectivity index (χ0v) is 17.4. The van der Waals surface area contributed by atoms with Gasteiger partial charge in [0.05, 0.1) is 17.5 Å². The van der Waals surface area contributed by atoms with Gasteiger partial charge in [-0.25, -0.2) is 0 Å². The van der Waals surface area contributed by atoms with E-state index >= 15 is 0 Å². The van der Waals surface area contributed by atoms with Crippen LogP contribution in [0.3, 0.4) is 0 Å². The lowest BCUT2D eigenvalue weighted by Gasteiger charge is -2.13. The third kappa shape index (κ3) is 5.65. The van der Waals surface area contributed by atoms with E-state index in [0.717, 1.165) is 11.1 Å². The molecule has 0 atom stereocenters. The summed E-state index contributed by atoms with van der Waals surface area (Å²) in [6.07, 6.45) is 4.36. The van der Waals surface area contributed by atoms with E-state index < -0.39 is 5.91 Å². The molecule has 152 valence electrons. The number of nitrogens with one attached hydrogen (secondary N) is 3. The predicted molar refractivity (Wildman–Crippen MR) is 122 cm³/mol. The second kappa shape index (κ2) is 9.67. The van der Waals surface area contributed by atoms with Gasteiger partial charge in [-0.3, -0.25) is 14.9 Å². The molecule has 3 N–H and O–H groups in total. The highest BCUT2D eigenvalue weighted by Gasteiger charge is 2.13. The largest absolute Gasteiger partial charge is 0.465 e. The van der Waals surface area contributed by atoms with Crippen molar-refractivity contribution in [1.29, 1.82) is 0 Å². The molecule has 1 heterocycles. The van der Waals surface area contributed by atoms with E-state index in [4.69, 9.17) is 16.6 Å². The molecule has 0 fully saturated rings. The number of amides is 2. The van der Waals surface area contributed by atoms with E-state index in [9.17, 15) is 9.59 Å². The molecule has 0 saturated carbocycles. The maximum absolute atomic E-state index is 12.8. The monoisotopic (exact) mass is 419 g/mol. The summed E-state index contributed by atoms with van der Waals surface area (Å²) in [6, 6.07) is 16.1. The third-order valence-electron chi connectivity index (χ3n) is 4.36. The minimum Gasteiger partial charge on any atom is -0.465 e. The first-order valence-electron chi connectivity index (χ1n) is 9.23. The highest BCUT2D eigenvalue weighted by atomic mass is 32.1. The smallest absolute Gasteiger partial charge is 0.257 e. The number of benzene rings is 2. The van der Waals surface area contributed by atoms with Gasteiger partial charge in [-0.15, -0.1) is 0 Å². The lowest BCUT2D eigenvalue weighted by molar-refractivity contribution is -0.115. The molecule has 0 aliphatic heterocycles. The van der Waals surface area contributed by atoms with E-state index in [1.54, 1.807) is 36.4 Å². The molecule has 3 aromatic rings. The first kappa shape index (κ1) is 21.0. The second-order valence-corrected chi connectivity index (χ2v) is 7.00. The first-order chi connectivity index (χ1) is 14.4. The quantitative estimate of drug-likeness (QED) is 0.413. The Hall–Kier alpha value is -3.71. The van der Waals surface area contributed by atoms with Crippen LogP contribution in [0.4, 0.5) is 11.4 Å². The third-order valence-corrected chi connectivity index (χ3v) is 4.57. The number of para-hydroxylation sites is 1. The highest BCUT2D eigenvalue weighted by Crippen LogP contribution is 2.19. The zero-order chi connectivity index (χ0) is 21.5. The van der Waals surface area contributed by atoms with Gasteiger partial charge in [0.15, 0.2) is 5.11 Å². The van der Waals surface area contributed by atoms with E-state index in [2.05, 4.69) is 16.0 Å². The summed E-state index contributed by atoms with van der Waals surface area (Å²) in [4.78, 5) is 24.8. The molecule has 0 bridgehead atoms. The Morgan fingerprint density at radius 2 is 1.77 bits per heavy atom. The number of rotatable bonds is 5. The number of anilines is 2. The zero-order valence-electron chi connectivity index (χ0n) is 16.6. The van der Waals surface area contributed by atoms with Crippen molar-refractivity contribution >= 4 is 46.6 Å². The molecule has 0 spiro atoms. The number of hydrogen-bond acceptors (Lipinski definition) is 4. The summed E-state index contributed by atoms with van der Waals surface area (Å²) in [6.45, 7) is 4.00. The summed E-state index contributed by atoms with van der Waals surface area (Å²) >= 11 is 5.20. The maximum atomic E-state index is 12.8. The topological polar surface area (TPSA) is 83.4 Å². The van der Waals surface area contributed by atoms with Crippen molar-refractivity contribution in [2.24, 2.45) is 0 Å². The summed E-state index contributed by atoms with van der Waals surface area (Å²) in [5, 5.41) is 8.41. The SMILES string of the molecule is Cc1ccc(NC(=O)c2ccccc2NC(=S)NC(=O)/C=C/c2ccco2)cc1C. The van der Waals surface area contributed by atoms with Gasteiger partial charge in [-0.05, 0) is 79.7 Å². The molecule has 1 aromatic heterocycles. The van der Waals surface area contributed by atoms with E-state index in [1.165, 1.54) is 18.4 Å². The van der Waals surface area contributed by atoms with E-state index in [0.29, 0.717) is 22.7 Å². The molecule has 0 aliphatic carbocycles. The van der Waals surface area contributed by atoms with Crippen LogP contribution in [0.5, 0.6) is 0 Å². The van der Waals surface area contributed by atoms with Crippen LogP contribution in [0.2, 0.25) is 0 Å². The van der Waals surface area contributed by atoms with Gasteiger partial charge in [-0.1, -0.05) is 18.2 Å². The Kier molecular flexibility index (Phi) is 6.77. The molecule has 2 amide bonds. The van der Waals surface area contributed by atoms with Crippen molar-refractivity contribution in [2.75, 3.05) is 10.6 Å². The van der Waals surface area contributed by atoms with Crippen LogP contribution < -0.4 is 16.0 Å². The molecule has 0 aliphatic rings. The van der Waals surface area contributed by atoms with Crippen LogP contribution in [0.25, 0.3) is 6.08 Å². The second-order valence-electron chi connectivity index (χ2n) is 6.59. The number of thiocarbonyl (C=S) groups is 1. The predicted octanol–water partition coefficient (Wildman–Crippen LogP) is 4.68. The van der Waals surface area contributed by atoms with E-state index in [-0.39, 0.29) is 11.0 Å². The van der Waals surface area contributed by atoms with Gasteiger partial charge >= 0.3 is 0 Å². The minimum atomic E-state index is -0.416. The lowest BCUT2D eigenvalue weighted by Crippen LogP contribution is -2.33. The Morgan fingerprint density at radius 3 is 2.50 bits per heavy atom. The van der Waals surface area contributed by atoms with Gasteiger partial charge in [0.25, 0.3) is 5.91 Å². The molecular formula is C23H21N3O3S. The van der Waals surface area contributed by atoms with Crippen LogP contribution >= 0.6 is 12.2 Å². The van der Waals surface area contributed by atoms with Crippen LogP contribution in [0, 0.1) is 13.8 Å². The normalized spacial score (nSPS) is 10.6. The van der Waals surface area contributed by atoms with Crippen LogP contribution in [0.1, 0.15) is 27.2 Å². The van der Waals surface area contributed by atoms with Crippen molar-refractivity contribution in [3.05, 3.63) is 89.4 Å². The Balaban J connectivity index is 1.65. The number of furan rings is 1. The summed E-state index contributed by atoms with van der Waals surface area (Å²) < 4.78 is 5.13. The van der Waals surface area contributed by atoms with Crippen molar-refractivity contribution in [1.82, 2.24) is 5.32 Å². The van der Waals surface area contributed by atoms with Crippen molar-refractivity contribution in [3.8, 4) is 0 Å². The number of carbonyl (C=O) groups is 2. The molecule has 0 radical (unpaired) electrons. The lowest BCUT2D eigenvalue weighted by atomic mass is 10.1. The summed E-state index contributed by atoms with van der Waals surface area (Å²) in [5.74, 6) is -0.147. The average Bonchev–Trinajstić information content (AvgIpc) is 3.23. The fraction of sp³-hybridized carbons (Fsp3) is 0.0870. The first-order valence-corrected chi connectivity index (χ1v) is 9.64. The molecule has 0 saturated heterocycles.